The Balaban J connectivity index is 1.46. The number of piperazine rings is 1. The molecule has 1 saturated carbocycles. The minimum atomic E-state index is -0.0818. The van der Waals surface area contributed by atoms with Crippen molar-refractivity contribution < 1.29 is 9.59 Å². The number of hydrazine groups is 1. The normalized spacial score (nSPS) is 31.5. The summed E-state index contributed by atoms with van der Waals surface area (Å²) < 4.78 is 0. The SMILES string of the molecule is Cc1cc(NC(=O)C2CCC3C(C2)N(C)C(=O)C2CCNN23)ccc1Cl. The summed E-state index contributed by atoms with van der Waals surface area (Å²) in [5.41, 5.74) is 5.09. The summed E-state index contributed by atoms with van der Waals surface area (Å²) >= 11 is 6.06. The average Bonchev–Trinajstić information content (AvgIpc) is 3.12. The van der Waals surface area contributed by atoms with Gasteiger partial charge in [-0.1, -0.05) is 11.6 Å². The molecule has 6 nitrogen and oxygen atoms in total. The first-order valence-corrected chi connectivity index (χ1v) is 9.69. The highest BCUT2D eigenvalue weighted by Crippen LogP contribution is 2.37. The van der Waals surface area contributed by atoms with Crippen LogP contribution in [0.5, 0.6) is 0 Å². The zero-order chi connectivity index (χ0) is 18.4. The second-order valence-corrected chi connectivity index (χ2v) is 8.07. The fourth-order valence-electron chi connectivity index (χ4n) is 4.65. The minimum Gasteiger partial charge on any atom is -0.340 e. The number of nitrogens with zero attached hydrogens (tertiary/aromatic N) is 2. The van der Waals surface area contributed by atoms with Crippen molar-refractivity contribution in [2.24, 2.45) is 5.92 Å². The number of amides is 2. The van der Waals surface area contributed by atoms with E-state index in [1.807, 2.05) is 31.0 Å². The molecule has 4 rings (SSSR count). The molecular weight excluding hydrogens is 352 g/mol. The number of anilines is 1. The first kappa shape index (κ1) is 17.8. The summed E-state index contributed by atoms with van der Waals surface area (Å²) in [7, 11) is 1.89. The van der Waals surface area contributed by atoms with Crippen LogP contribution in [-0.2, 0) is 9.59 Å². The molecule has 2 aliphatic heterocycles. The van der Waals surface area contributed by atoms with Gasteiger partial charge in [0.1, 0.15) is 6.04 Å². The molecule has 3 fully saturated rings. The molecule has 4 atom stereocenters. The highest BCUT2D eigenvalue weighted by molar-refractivity contribution is 6.31. The van der Waals surface area contributed by atoms with Gasteiger partial charge in [0.15, 0.2) is 0 Å². The second kappa shape index (κ2) is 6.83. The molecule has 0 bridgehead atoms. The largest absolute Gasteiger partial charge is 0.340 e. The first-order chi connectivity index (χ1) is 12.5. The van der Waals surface area contributed by atoms with Gasteiger partial charge in [0, 0.05) is 42.3 Å². The number of hydrogen-bond donors (Lipinski definition) is 2. The van der Waals surface area contributed by atoms with E-state index < -0.39 is 0 Å². The van der Waals surface area contributed by atoms with Crippen LogP contribution in [-0.4, -0.2) is 53.4 Å². The van der Waals surface area contributed by atoms with E-state index in [9.17, 15) is 9.59 Å². The second-order valence-electron chi connectivity index (χ2n) is 7.67. The van der Waals surface area contributed by atoms with Crippen molar-refractivity contribution in [2.45, 2.75) is 50.7 Å². The van der Waals surface area contributed by atoms with Gasteiger partial charge in [-0.3, -0.25) is 15.0 Å². The molecule has 1 aromatic carbocycles. The molecule has 1 aromatic rings. The number of likely N-dealkylation sites (N-methyl/N-ethyl adjacent to an activating group) is 1. The number of fused-ring (bicyclic) bond motifs is 3. The third-order valence-corrected chi connectivity index (χ3v) is 6.54. The van der Waals surface area contributed by atoms with Crippen molar-refractivity contribution in [1.82, 2.24) is 15.3 Å². The molecule has 0 radical (unpaired) electrons. The number of carbonyl (C=O) groups is 2. The predicted molar refractivity (Wildman–Crippen MR) is 101 cm³/mol. The number of rotatable bonds is 2. The number of nitrogens with one attached hydrogen (secondary N) is 2. The van der Waals surface area contributed by atoms with Crippen LogP contribution in [0.4, 0.5) is 5.69 Å². The number of benzene rings is 1. The maximum atomic E-state index is 12.8. The van der Waals surface area contributed by atoms with Gasteiger partial charge >= 0.3 is 0 Å². The fourth-order valence-corrected chi connectivity index (χ4v) is 4.76. The molecule has 7 heteroatoms. The van der Waals surface area contributed by atoms with E-state index >= 15 is 0 Å². The van der Waals surface area contributed by atoms with E-state index in [4.69, 9.17) is 11.6 Å². The van der Waals surface area contributed by atoms with Crippen LogP contribution in [0.2, 0.25) is 5.02 Å². The van der Waals surface area contributed by atoms with Gasteiger partial charge in [-0.25, -0.2) is 5.01 Å². The molecule has 140 valence electrons. The number of aryl methyl sites for hydroxylation is 1. The van der Waals surface area contributed by atoms with Gasteiger partial charge in [0.25, 0.3) is 0 Å². The van der Waals surface area contributed by atoms with Crippen molar-refractivity contribution in [1.29, 1.82) is 0 Å². The Bertz CT molecular complexity index is 740. The van der Waals surface area contributed by atoms with Crippen LogP contribution < -0.4 is 10.7 Å². The molecule has 3 aliphatic rings. The third-order valence-electron chi connectivity index (χ3n) is 6.11. The number of hydrogen-bond acceptors (Lipinski definition) is 4. The monoisotopic (exact) mass is 376 g/mol. The zero-order valence-corrected chi connectivity index (χ0v) is 15.9. The zero-order valence-electron chi connectivity index (χ0n) is 15.2. The van der Waals surface area contributed by atoms with Gasteiger partial charge in [0.2, 0.25) is 11.8 Å². The summed E-state index contributed by atoms with van der Waals surface area (Å²) in [5.74, 6) is 0.120. The topological polar surface area (TPSA) is 64.7 Å². The lowest BCUT2D eigenvalue weighted by Gasteiger charge is -2.50. The summed E-state index contributed by atoms with van der Waals surface area (Å²) in [6, 6.07) is 5.86. The fraction of sp³-hybridized carbons (Fsp3) is 0.579. The average molecular weight is 377 g/mol. The molecule has 2 N–H and O–H groups in total. The summed E-state index contributed by atoms with van der Waals surface area (Å²) in [4.78, 5) is 27.3. The van der Waals surface area contributed by atoms with Crippen LogP contribution in [0.15, 0.2) is 18.2 Å². The lowest BCUT2D eigenvalue weighted by molar-refractivity contribution is -0.153. The Labute approximate surface area is 158 Å². The lowest BCUT2D eigenvalue weighted by Crippen LogP contribution is -2.67. The van der Waals surface area contributed by atoms with Gasteiger partial charge in [-0.05, 0) is 56.4 Å². The van der Waals surface area contributed by atoms with Crippen LogP contribution in [0.3, 0.4) is 0 Å². The predicted octanol–water partition coefficient (Wildman–Crippen LogP) is 2.18. The van der Waals surface area contributed by atoms with Gasteiger partial charge < -0.3 is 10.2 Å². The van der Waals surface area contributed by atoms with Crippen LogP contribution >= 0.6 is 11.6 Å². The highest BCUT2D eigenvalue weighted by Gasteiger charge is 2.50. The van der Waals surface area contributed by atoms with Crippen LogP contribution in [0, 0.1) is 12.8 Å². The maximum Gasteiger partial charge on any atom is 0.241 e. The summed E-state index contributed by atoms with van der Waals surface area (Å²) in [6.45, 7) is 2.78. The number of carbonyl (C=O) groups excluding carboxylic acids is 2. The van der Waals surface area contributed by atoms with Crippen molar-refractivity contribution in [3.63, 3.8) is 0 Å². The summed E-state index contributed by atoms with van der Waals surface area (Å²) in [6.07, 6.45) is 3.33. The Kier molecular flexibility index (Phi) is 4.67. The molecule has 2 amide bonds. The molecule has 1 aliphatic carbocycles. The van der Waals surface area contributed by atoms with Crippen molar-refractivity contribution in [3.05, 3.63) is 28.8 Å². The van der Waals surface area contributed by atoms with Crippen molar-refractivity contribution >= 4 is 29.1 Å². The van der Waals surface area contributed by atoms with Gasteiger partial charge in [0.05, 0.1) is 0 Å². The van der Waals surface area contributed by atoms with E-state index in [1.165, 1.54) is 0 Å². The number of halogens is 1. The quantitative estimate of drug-likeness (QED) is 0.830. The Hall–Kier alpha value is -1.63. The van der Waals surface area contributed by atoms with E-state index in [2.05, 4.69) is 15.8 Å². The van der Waals surface area contributed by atoms with Crippen LogP contribution in [0.1, 0.15) is 31.2 Å². The van der Waals surface area contributed by atoms with Crippen molar-refractivity contribution in [3.8, 4) is 0 Å². The lowest BCUT2D eigenvalue weighted by atomic mass is 9.79. The smallest absolute Gasteiger partial charge is 0.241 e. The van der Waals surface area contributed by atoms with E-state index in [1.54, 1.807) is 6.07 Å². The first-order valence-electron chi connectivity index (χ1n) is 9.31. The van der Waals surface area contributed by atoms with E-state index in [0.717, 1.165) is 37.1 Å². The molecule has 4 unspecified atom stereocenters. The third kappa shape index (κ3) is 3.00. The van der Waals surface area contributed by atoms with Gasteiger partial charge in [-0.2, -0.15) is 0 Å². The summed E-state index contributed by atoms with van der Waals surface area (Å²) in [5, 5.41) is 5.87. The van der Waals surface area contributed by atoms with Crippen molar-refractivity contribution in [2.75, 3.05) is 18.9 Å². The molecule has 26 heavy (non-hydrogen) atoms. The Morgan fingerprint density at radius 2 is 2.08 bits per heavy atom. The molecule has 0 spiro atoms. The standard InChI is InChI=1S/C19H25ClN4O2/c1-11-9-13(4-5-14(11)20)22-18(25)12-3-6-15-17(10-12)23(2)19(26)16-7-8-21-24(15)16/h4-5,9,12,15-17,21H,3,6-8,10H2,1-2H3,(H,22,25). The minimum absolute atomic E-state index is 0.0301. The molecular formula is C19H25ClN4O2. The van der Waals surface area contributed by atoms with E-state index in [0.29, 0.717) is 17.5 Å². The molecule has 0 aromatic heterocycles. The van der Waals surface area contributed by atoms with Gasteiger partial charge in [-0.15, -0.1) is 0 Å². The molecule has 2 saturated heterocycles. The van der Waals surface area contributed by atoms with Crippen LogP contribution in [0.25, 0.3) is 0 Å². The Morgan fingerprint density at radius 1 is 1.27 bits per heavy atom. The maximum absolute atomic E-state index is 12.8. The Morgan fingerprint density at radius 3 is 2.85 bits per heavy atom. The highest BCUT2D eigenvalue weighted by atomic mass is 35.5. The van der Waals surface area contributed by atoms with E-state index in [-0.39, 0.29) is 29.8 Å². The molecule has 2 heterocycles.